The van der Waals surface area contributed by atoms with Crippen LogP contribution in [0.1, 0.15) is 27.0 Å². The molecule has 0 amide bonds. The topological polar surface area (TPSA) is 99.2 Å². The van der Waals surface area contributed by atoms with E-state index in [9.17, 15) is 4.79 Å². The Hall–Kier alpha value is -3.26. The molecule has 2 N–H and O–H groups in total. The summed E-state index contributed by atoms with van der Waals surface area (Å²) in [6, 6.07) is 4.31. The standard InChI is InChI=1S/C20H22N6O2/c1-12-6-13(7-14-10-25(2)5-4-16(12)14)17-9-22-18(21)19(24-17)26-11-15(8-23-26)20(27)28-3/h6-9,11H,4-5,10H2,1-3H3,(H2,21,22). The van der Waals surface area contributed by atoms with Crippen LogP contribution in [0.25, 0.3) is 17.1 Å². The fraction of sp³-hybridized carbons (Fsp3) is 0.300. The highest BCUT2D eigenvalue weighted by Gasteiger charge is 2.18. The van der Waals surface area contributed by atoms with E-state index in [2.05, 4.69) is 46.1 Å². The number of anilines is 1. The summed E-state index contributed by atoms with van der Waals surface area (Å²) in [6.07, 6.45) is 5.67. The summed E-state index contributed by atoms with van der Waals surface area (Å²) in [5.41, 5.74) is 12.0. The lowest BCUT2D eigenvalue weighted by molar-refractivity contribution is 0.0600. The van der Waals surface area contributed by atoms with E-state index in [1.807, 2.05) is 0 Å². The number of hydrogen-bond donors (Lipinski definition) is 1. The third kappa shape index (κ3) is 3.22. The maximum atomic E-state index is 11.7. The monoisotopic (exact) mass is 378 g/mol. The Morgan fingerprint density at radius 3 is 2.89 bits per heavy atom. The van der Waals surface area contributed by atoms with Crippen molar-refractivity contribution < 1.29 is 9.53 Å². The minimum absolute atomic E-state index is 0.234. The van der Waals surface area contributed by atoms with E-state index in [4.69, 9.17) is 10.5 Å². The van der Waals surface area contributed by atoms with E-state index in [-0.39, 0.29) is 5.82 Å². The number of benzene rings is 1. The molecule has 0 fully saturated rings. The van der Waals surface area contributed by atoms with Crippen molar-refractivity contribution in [2.45, 2.75) is 19.9 Å². The molecule has 0 radical (unpaired) electrons. The number of aryl methyl sites for hydroxylation is 1. The second kappa shape index (κ2) is 7.05. The Morgan fingerprint density at radius 2 is 2.11 bits per heavy atom. The molecular weight excluding hydrogens is 356 g/mol. The lowest BCUT2D eigenvalue weighted by Crippen LogP contribution is -2.27. The van der Waals surface area contributed by atoms with Crippen molar-refractivity contribution in [2.75, 3.05) is 26.4 Å². The van der Waals surface area contributed by atoms with E-state index in [0.717, 1.165) is 25.1 Å². The average Bonchev–Trinajstić information content (AvgIpc) is 3.17. The number of carbonyl (C=O) groups excluding carboxylic acids is 1. The van der Waals surface area contributed by atoms with Gasteiger partial charge in [-0.05, 0) is 49.2 Å². The first-order chi connectivity index (χ1) is 13.5. The first-order valence-electron chi connectivity index (χ1n) is 9.03. The molecule has 0 aliphatic carbocycles. The number of esters is 1. The number of ether oxygens (including phenoxy) is 1. The number of nitrogens with zero attached hydrogens (tertiary/aromatic N) is 5. The fourth-order valence-electron chi connectivity index (χ4n) is 3.57. The van der Waals surface area contributed by atoms with E-state index in [0.29, 0.717) is 17.1 Å². The fourth-order valence-corrected chi connectivity index (χ4v) is 3.57. The first kappa shape index (κ1) is 18.1. The molecule has 144 valence electrons. The average molecular weight is 378 g/mol. The quantitative estimate of drug-likeness (QED) is 0.696. The molecule has 28 heavy (non-hydrogen) atoms. The molecule has 0 atom stereocenters. The maximum Gasteiger partial charge on any atom is 0.341 e. The molecule has 3 heterocycles. The zero-order valence-electron chi connectivity index (χ0n) is 16.1. The van der Waals surface area contributed by atoms with Gasteiger partial charge in [0.2, 0.25) is 0 Å². The van der Waals surface area contributed by atoms with Crippen molar-refractivity contribution in [3.8, 4) is 17.1 Å². The molecule has 0 saturated heterocycles. The molecule has 1 aliphatic rings. The predicted molar refractivity (Wildman–Crippen MR) is 105 cm³/mol. The van der Waals surface area contributed by atoms with Crippen LogP contribution in [-0.2, 0) is 17.7 Å². The van der Waals surface area contributed by atoms with Gasteiger partial charge >= 0.3 is 5.97 Å². The van der Waals surface area contributed by atoms with E-state index < -0.39 is 5.97 Å². The minimum Gasteiger partial charge on any atom is -0.465 e. The van der Waals surface area contributed by atoms with Gasteiger partial charge in [0, 0.05) is 24.8 Å². The van der Waals surface area contributed by atoms with Gasteiger partial charge in [-0.3, -0.25) is 0 Å². The van der Waals surface area contributed by atoms with Crippen LogP contribution in [0.5, 0.6) is 0 Å². The summed E-state index contributed by atoms with van der Waals surface area (Å²) in [5.74, 6) is 0.140. The number of fused-ring (bicyclic) bond motifs is 1. The van der Waals surface area contributed by atoms with Crippen LogP contribution in [-0.4, -0.2) is 51.3 Å². The molecule has 3 aromatic rings. The van der Waals surface area contributed by atoms with Crippen molar-refractivity contribution in [3.63, 3.8) is 0 Å². The van der Waals surface area contributed by atoms with Crippen LogP contribution in [0.4, 0.5) is 5.82 Å². The van der Waals surface area contributed by atoms with Gasteiger partial charge in [-0.1, -0.05) is 0 Å². The van der Waals surface area contributed by atoms with Gasteiger partial charge in [0.1, 0.15) is 0 Å². The zero-order valence-corrected chi connectivity index (χ0v) is 16.1. The van der Waals surface area contributed by atoms with E-state index >= 15 is 0 Å². The summed E-state index contributed by atoms with van der Waals surface area (Å²) in [6.45, 7) is 4.12. The van der Waals surface area contributed by atoms with Crippen LogP contribution in [0, 0.1) is 6.92 Å². The molecular formula is C20H22N6O2. The molecule has 1 aliphatic heterocycles. The highest BCUT2D eigenvalue weighted by Crippen LogP contribution is 2.29. The van der Waals surface area contributed by atoms with Crippen LogP contribution >= 0.6 is 0 Å². The van der Waals surface area contributed by atoms with Crippen molar-refractivity contribution >= 4 is 11.8 Å². The van der Waals surface area contributed by atoms with Gasteiger partial charge in [-0.15, -0.1) is 0 Å². The Balaban J connectivity index is 1.75. The molecule has 2 aromatic heterocycles. The highest BCUT2D eigenvalue weighted by atomic mass is 16.5. The Labute approximate surface area is 163 Å². The molecule has 0 unspecified atom stereocenters. The van der Waals surface area contributed by atoms with Gasteiger partial charge in [-0.2, -0.15) is 5.10 Å². The molecule has 8 heteroatoms. The van der Waals surface area contributed by atoms with Crippen LogP contribution in [0.15, 0.2) is 30.7 Å². The molecule has 0 spiro atoms. The molecule has 8 nitrogen and oxygen atoms in total. The van der Waals surface area contributed by atoms with E-state index in [1.165, 1.54) is 40.9 Å². The van der Waals surface area contributed by atoms with Gasteiger partial charge in [-0.25, -0.2) is 19.4 Å². The summed E-state index contributed by atoms with van der Waals surface area (Å²) in [5, 5.41) is 4.18. The summed E-state index contributed by atoms with van der Waals surface area (Å²) < 4.78 is 6.16. The van der Waals surface area contributed by atoms with Crippen molar-refractivity contribution in [1.82, 2.24) is 24.6 Å². The predicted octanol–water partition coefficient (Wildman–Crippen LogP) is 1.99. The summed E-state index contributed by atoms with van der Waals surface area (Å²) >= 11 is 0. The minimum atomic E-state index is -0.469. The molecule has 0 saturated carbocycles. The van der Waals surface area contributed by atoms with Gasteiger partial charge in [0.15, 0.2) is 11.6 Å². The lowest BCUT2D eigenvalue weighted by Gasteiger charge is -2.27. The summed E-state index contributed by atoms with van der Waals surface area (Å²) in [7, 11) is 3.45. The van der Waals surface area contributed by atoms with Gasteiger partial charge < -0.3 is 15.4 Å². The second-order valence-electron chi connectivity index (χ2n) is 7.05. The Kier molecular flexibility index (Phi) is 4.56. The van der Waals surface area contributed by atoms with Crippen molar-refractivity contribution in [2.24, 2.45) is 0 Å². The number of nitrogen functional groups attached to an aromatic ring is 1. The molecule has 0 bridgehead atoms. The number of likely N-dealkylation sites (N-methyl/N-ethyl adjacent to an activating group) is 1. The third-order valence-electron chi connectivity index (χ3n) is 5.05. The van der Waals surface area contributed by atoms with Crippen molar-refractivity contribution in [3.05, 3.63) is 53.0 Å². The maximum absolute atomic E-state index is 11.7. The zero-order chi connectivity index (χ0) is 19.8. The van der Waals surface area contributed by atoms with E-state index in [1.54, 1.807) is 6.20 Å². The van der Waals surface area contributed by atoms with Crippen LogP contribution in [0.2, 0.25) is 0 Å². The van der Waals surface area contributed by atoms with Gasteiger partial charge in [0.05, 0.1) is 30.8 Å². The third-order valence-corrected chi connectivity index (χ3v) is 5.05. The summed E-state index contributed by atoms with van der Waals surface area (Å²) in [4.78, 5) is 23.0. The van der Waals surface area contributed by atoms with Crippen LogP contribution < -0.4 is 5.73 Å². The first-order valence-corrected chi connectivity index (χ1v) is 9.03. The van der Waals surface area contributed by atoms with Crippen molar-refractivity contribution in [1.29, 1.82) is 0 Å². The normalized spacial score (nSPS) is 14.0. The van der Waals surface area contributed by atoms with Gasteiger partial charge in [0.25, 0.3) is 0 Å². The molecule has 4 rings (SSSR count). The Bertz CT molecular complexity index is 1060. The molecule has 1 aromatic carbocycles. The number of methoxy groups -OCH3 is 1. The smallest absolute Gasteiger partial charge is 0.341 e. The van der Waals surface area contributed by atoms with Crippen LogP contribution in [0.3, 0.4) is 0 Å². The SMILES string of the molecule is COC(=O)c1cnn(-c2nc(-c3cc(C)c4c(c3)CN(C)CC4)cnc2N)c1. The second-order valence-corrected chi connectivity index (χ2v) is 7.05. The highest BCUT2D eigenvalue weighted by molar-refractivity contribution is 5.88. The Morgan fingerprint density at radius 1 is 1.29 bits per heavy atom. The number of nitrogens with two attached hydrogens (primary N) is 1. The number of hydrogen-bond acceptors (Lipinski definition) is 7. The lowest BCUT2D eigenvalue weighted by atomic mass is 9.92. The largest absolute Gasteiger partial charge is 0.465 e. The number of rotatable bonds is 3. The number of aromatic nitrogens is 4. The number of carbonyl (C=O) groups is 1.